The third-order valence-electron chi connectivity index (χ3n) is 4.26. The van der Waals surface area contributed by atoms with Crippen LogP contribution in [0.1, 0.15) is 15.9 Å². The average Bonchev–Trinajstić information content (AvgIpc) is 2.71. The van der Waals surface area contributed by atoms with E-state index in [0.717, 1.165) is 10.5 Å². The Labute approximate surface area is 182 Å². The predicted octanol–water partition coefficient (Wildman–Crippen LogP) is 4.96. The van der Waals surface area contributed by atoms with E-state index in [9.17, 15) is 17.6 Å². The summed E-state index contributed by atoms with van der Waals surface area (Å²) in [6.07, 6.45) is 0. The number of aryl methyl sites for hydroxylation is 1. The number of carbonyl (C=O) groups is 1. The van der Waals surface area contributed by atoms with Crippen molar-refractivity contribution in [1.82, 2.24) is 0 Å². The van der Waals surface area contributed by atoms with E-state index in [1.807, 2.05) is 0 Å². The fourth-order valence-electron chi connectivity index (χ4n) is 2.61. The number of hydrogen-bond donors (Lipinski definition) is 2. The molecule has 2 N–H and O–H groups in total. The summed E-state index contributed by atoms with van der Waals surface area (Å²) in [6, 6.07) is 14.8. The second-order valence-electron chi connectivity index (χ2n) is 6.39. The van der Waals surface area contributed by atoms with Gasteiger partial charge in [0.1, 0.15) is 11.6 Å². The third-order valence-corrected chi connectivity index (χ3v) is 6.17. The van der Waals surface area contributed by atoms with Gasteiger partial charge in [-0.25, -0.2) is 12.8 Å². The second-order valence-corrected chi connectivity index (χ2v) is 8.99. The summed E-state index contributed by atoms with van der Waals surface area (Å²) in [6.45, 7) is 1.59. The molecule has 0 fully saturated rings. The lowest BCUT2D eigenvalue weighted by molar-refractivity contribution is 0.102. The van der Waals surface area contributed by atoms with E-state index in [1.165, 1.54) is 37.4 Å². The highest BCUT2D eigenvalue weighted by atomic mass is 79.9. The van der Waals surface area contributed by atoms with E-state index in [1.54, 1.807) is 31.2 Å². The van der Waals surface area contributed by atoms with Gasteiger partial charge in [0.15, 0.2) is 0 Å². The van der Waals surface area contributed by atoms with Gasteiger partial charge in [-0.3, -0.25) is 9.52 Å². The number of hydrogen-bond acceptors (Lipinski definition) is 4. The van der Waals surface area contributed by atoms with Crippen molar-refractivity contribution in [3.63, 3.8) is 0 Å². The van der Waals surface area contributed by atoms with Crippen LogP contribution in [0.4, 0.5) is 15.8 Å². The minimum absolute atomic E-state index is 0.0726. The number of nitrogens with one attached hydrogen (secondary N) is 2. The van der Waals surface area contributed by atoms with Crippen LogP contribution in [0.5, 0.6) is 5.75 Å². The van der Waals surface area contributed by atoms with Crippen LogP contribution >= 0.6 is 15.9 Å². The summed E-state index contributed by atoms with van der Waals surface area (Å²) in [5.74, 6) is -0.842. The average molecular weight is 493 g/mol. The lowest BCUT2D eigenvalue weighted by atomic mass is 10.1. The Kier molecular flexibility index (Phi) is 6.42. The Hall–Kier alpha value is -2.91. The molecule has 0 saturated heterocycles. The summed E-state index contributed by atoms with van der Waals surface area (Å²) in [7, 11) is -2.52. The zero-order valence-corrected chi connectivity index (χ0v) is 18.5. The Balaban J connectivity index is 1.89. The first kappa shape index (κ1) is 21.8. The first-order valence-electron chi connectivity index (χ1n) is 8.73. The maximum absolute atomic E-state index is 13.8. The minimum atomic E-state index is -3.92. The van der Waals surface area contributed by atoms with Crippen LogP contribution < -0.4 is 14.8 Å². The molecular weight excluding hydrogens is 475 g/mol. The molecule has 156 valence electrons. The first-order chi connectivity index (χ1) is 14.2. The molecule has 3 rings (SSSR count). The van der Waals surface area contributed by atoms with Crippen LogP contribution in [0.3, 0.4) is 0 Å². The molecule has 3 aromatic rings. The van der Waals surface area contributed by atoms with Crippen molar-refractivity contribution in [1.29, 1.82) is 0 Å². The molecule has 0 aliphatic carbocycles. The highest BCUT2D eigenvalue weighted by molar-refractivity contribution is 9.10. The monoisotopic (exact) mass is 492 g/mol. The summed E-state index contributed by atoms with van der Waals surface area (Å²) in [5.41, 5.74) is 1.04. The first-order valence-corrected chi connectivity index (χ1v) is 11.0. The minimum Gasteiger partial charge on any atom is -0.495 e. The molecule has 0 heterocycles. The predicted molar refractivity (Wildman–Crippen MR) is 117 cm³/mol. The number of methoxy groups -OCH3 is 1. The zero-order valence-electron chi connectivity index (χ0n) is 16.1. The lowest BCUT2D eigenvalue weighted by Crippen LogP contribution is -2.16. The molecular formula is C21H18BrFN2O4S. The van der Waals surface area contributed by atoms with Crippen molar-refractivity contribution < 1.29 is 22.3 Å². The van der Waals surface area contributed by atoms with Crippen LogP contribution in [0.15, 0.2) is 70.0 Å². The molecule has 30 heavy (non-hydrogen) atoms. The van der Waals surface area contributed by atoms with Crippen molar-refractivity contribution in [2.24, 2.45) is 0 Å². The molecule has 0 aromatic heterocycles. The molecule has 3 aromatic carbocycles. The van der Waals surface area contributed by atoms with Crippen molar-refractivity contribution in [2.45, 2.75) is 11.8 Å². The van der Waals surface area contributed by atoms with Crippen LogP contribution in [0, 0.1) is 12.7 Å². The van der Waals surface area contributed by atoms with E-state index in [-0.39, 0.29) is 21.9 Å². The number of sulfonamides is 1. The Morgan fingerprint density at radius 1 is 1.03 bits per heavy atom. The highest BCUT2D eigenvalue weighted by Gasteiger charge is 2.19. The van der Waals surface area contributed by atoms with Gasteiger partial charge >= 0.3 is 0 Å². The smallest absolute Gasteiger partial charge is 0.261 e. The number of rotatable bonds is 6. The molecule has 6 nitrogen and oxygen atoms in total. The van der Waals surface area contributed by atoms with Crippen molar-refractivity contribution >= 4 is 43.2 Å². The summed E-state index contributed by atoms with van der Waals surface area (Å²) >= 11 is 3.29. The molecule has 9 heteroatoms. The van der Waals surface area contributed by atoms with Gasteiger partial charge in [-0.05, 0) is 67.1 Å². The zero-order chi connectivity index (χ0) is 21.9. The number of benzene rings is 3. The van der Waals surface area contributed by atoms with Gasteiger partial charge in [0, 0.05) is 15.7 Å². The SMILES string of the molecule is COc1ccc(S(=O)(=O)Nc2ccc(Br)cc2)cc1NC(=O)c1ccc(C)c(F)c1. The molecule has 0 radical (unpaired) electrons. The van der Waals surface area contributed by atoms with Crippen LogP contribution in [-0.2, 0) is 10.0 Å². The Morgan fingerprint density at radius 3 is 2.37 bits per heavy atom. The molecule has 1 amide bonds. The van der Waals surface area contributed by atoms with Crippen LogP contribution in [0.25, 0.3) is 0 Å². The second kappa shape index (κ2) is 8.85. The molecule has 0 saturated carbocycles. The Bertz CT molecular complexity index is 1200. The molecule has 0 aliphatic rings. The van der Waals surface area contributed by atoms with Crippen LogP contribution in [-0.4, -0.2) is 21.4 Å². The van der Waals surface area contributed by atoms with E-state index >= 15 is 0 Å². The molecule has 0 spiro atoms. The van der Waals surface area contributed by atoms with Crippen LogP contribution in [0.2, 0.25) is 0 Å². The van der Waals surface area contributed by atoms with Gasteiger partial charge in [-0.2, -0.15) is 0 Å². The molecule has 0 unspecified atom stereocenters. The number of amides is 1. The summed E-state index contributed by atoms with van der Waals surface area (Å²) < 4.78 is 47.8. The fraction of sp³-hybridized carbons (Fsp3) is 0.0952. The van der Waals surface area contributed by atoms with Gasteiger partial charge < -0.3 is 10.1 Å². The molecule has 0 atom stereocenters. The fourth-order valence-corrected chi connectivity index (χ4v) is 3.96. The van der Waals surface area contributed by atoms with E-state index in [4.69, 9.17) is 4.74 Å². The van der Waals surface area contributed by atoms with E-state index < -0.39 is 21.7 Å². The normalized spacial score (nSPS) is 11.1. The maximum atomic E-state index is 13.8. The van der Waals surface area contributed by atoms with Gasteiger partial charge in [0.2, 0.25) is 0 Å². The standard InChI is InChI=1S/C21H18BrFN2O4S/c1-13-3-4-14(11-18(13)23)21(26)24-19-12-17(9-10-20(19)29-2)30(27,28)25-16-7-5-15(22)6-8-16/h3-12,25H,1-2H3,(H,24,26). The summed E-state index contributed by atoms with van der Waals surface area (Å²) in [4.78, 5) is 12.5. The largest absolute Gasteiger partial charge is 0.495 e. The summed E-state index contributed by atoms with van der Waals surface area (Å²) in [5, 5.41) is 2.58. The number of anilines is 2. The number of ether oxygens (including phenoxy) is 1. The molecule has 0 bridgehead atoms. The topological polar surface area (TPSA) is 84.5 Å². The Morgan fingerprint density at radius 2 is 1.73 bits per heavy atom. The van der Waals surface area contributed by atoms with Crippen molar-refractivity contribution in [3.8, 4) is 5.75 Å². The highest BCUT2D eigenvalue weighted by Crippen LogP contribution is 2.29. The van der Waals surface area contributed by atoms with Gasteiger partial charge in [-0.1, -0.05) is 22.0 Å². The van der Waals surface area contributed by atoms with Crippen molar-refractivity contribution in [3.05, 3.63) is 82.1 Å². The lowest BCUT2D eigenvalue weighted by Gasteiger charge is -2.14. The third kappa shape index (κ3) is 4.98. The van der Waals surface area contributed by atoms with Gasteiger partial charge in [0.25, 0.3) is 15.9 Å². The van der Waals surface area contributed by atoms with Gasteiger partial charge in [0.05, 0.1) is 17.7 Å². The number of carbonyl (C=O) groups excluding carboxylic acids is 1. The van der Waals surface area contributed by atoms with E-state index in [0.29, 0.717) is 11.3 Å². The van der Waals surface area contributed by atoms with Crippen molar-refractivity contribution in [2.75, 3.05) is 17.1 Å². The van der Waals surface area contributed by atoms with E-state index in [2.05, 4.69) is 26.0 Å². The number of halogens is 2. The molecule has 0 aliphatic heterocycles. The van der Waals surface area contributed by atoms with Gasteiger partial charge in [-0.15, -0.1) is 0 Å². The maximum Gasteiger partial charge on any atom is 0.261 e. The quantitative estimate of drug-likeness (QED) is 0.509.